The zero-order valence-electron chi connectivity index (χ0n) is 11.5. The van der Waals surface area contributed by atoms with Crippen molar-refractivity contribution in [2.24, 2.45) is 0 Å². The Hall–Kier alpha value is -1.89. The summed E-state index contributed by atoms with van der Waals surface area (Å²) in [5, 5.41) is 2.31. The van der Waals surface area contributed by atoms with Gasteiger partial charge in [0.2, 0.25) is 11.9 Å². The van der Waals surface area contributed by atoms with Crippen LogP contribution in [0.25, 0.3) is 6.08 Å². The lowest BCUT2D eigenvalue weighted by molar-refractivity contribution is -0.126. The molecule has 0 aromatic carbocycles. The van der Waals surface area contributed by atoms with Gasteiger partial charge in [-0.25, -0.2) is 9.97 Å². The molecule has 21 heavy (non-hydrogen) atoms. The summed E-state index contributed by atoms with van der Waals surface area (Å²) >= 11 is 1.24. The molecule has 7 heteroatoms. The average molecular weight is 304 g/mol. The van der Waals surface area contributed by atoms with Crippen molar-refractivity contribution in [3.05, 3.63) is 22.9 Å². The van der Waals surface area contributed by atoms with Gasteiger partial charge < -0.3 is 4.90 Å². The Labute approximate surface area is 127 Å². The molecule has 1 aromatic heterocycles. The SMILES string of the molecule is O=C1CS/C(=C\c2ccnc(N3CCCCC3)n2)C(=O)N1. The number of anilines is 1. The summed E-state index contributed by atoms with van der Waals surface area (Å²) in [6.07, 6.45) is 7.00. The quantitative estimate of drug-likeness (QED) is 0.653. The summed E-state index contributed by atoms with van der Waals surface area (Å²) in [5.41, 5.74) is 0.692. The van der Waals surface area contributed by atoms with Crippen LogP contribution in [0.2, 0.25) is 0 Å². The highest BCUT2D eigenvalue weighted by molar-refractivity contribution is 8.04. The number of thioether (sulfide) groups is 1. The number of piperidine rings is 1. The molecule has 0 radical (unpaired) electrons. The maximum atomic E-state index is 11.7. The summed E-state index contributed by atoms with van der Waals surface area (Å²) in [6.45, 7) is 1.95. The topological polar surface area (TPSA) is 75.2 Å². The van der Waals surface area contributed by atoms with Crippen LogP contribution in [-0.4, -0.2) is 40.6 Å². The molecule has 2 fully saturated rings. The van der Waals surface area contributed by atoms with Gasteiger partial charge in [0.25, 0.3) is 5.91 Å². The average Bonchev–Trinajstić information content (AvgIpc) is 2.51. The van der Waals surface area contributed by atoms with Crippen LogP contribution in [0.3, 0.4) is 0 Å². The molecule has 2 aliphatic heterocycles. The largest absolute Gasteiger partial charge is 0.341 e. The van der Waals surface area contributed by atoms with Gasteiger partial charge in [-0.05, 0) is 31.4 Å². The van der Waals surface area contributed by atoms with Crippen molar-refractivity contribution in [3.8, 4) is 0 Å². The second-order valence-electron chi connectivity index (χ2n) is 5.00. The fourth-order valence-corrected chi connectivity index (χ4v) is 3.11. The molecule has 0 saturated carbocycles. The molecule has 0 bridgehead atoms. The zero-order chi connectivity index (χ0) is 14.7. The predicted octanol–water partition coefficient (Wildman–Crippen LogP) is 1.20. The third-order valence-electron chi connectivity index (χ3n) is 3.42. The van der Waals surface area contributed by atoms with E-state index < -0.39 is 0 Å². The maximum absolute atomic E-state index is 11.7. The van der Waals surface area contributed by atoms with E-state index in [0.29, 0.717) is 16.5 Å². The molecule has 2 amide bonds. The lowest BCUT2D eigenvalue weighted by Crippen LogP contribution is -2.36. The molecule has 2 aliphatic rings. The summed E-state index contributed by atoms with van der Waals surface area (Å²) in [4.78, 5) is 34.3. The number of hydrogen-bond donors (Lipinski definition) is 1. The molecule has 1 aromatic rings. The summed E-state index contributed by atoms with van der Waals surface area (Å²) < 4.78 is 0. The van der Waals surface area contributed by atoms with E-state index in [4.69, 9.17) is 0 Å². The monoisotopic (exact) mass is 304 g/mol. The fraction of sp³-hybridized carbons (Fsp3) is 0.429. The number of nitrogens with zero attached hydrogens (tertiary/aromatic N) is 3. The third kappa shape index (κ3) is 3.41. The van der Waals surface area contributed by atoms with Crippen LogP contribution in [-0.2, 0) is 9.59 Å². The molecule has 0 aliphatic carbocycles. The van der Waals surface area contributed by atoms with Gasteiger partial charge in [-0.2, -0.15) is 0 Å². The normalized spacial score (nSPS) is 21.5. The van der Waals surface area contributed by atoms with E-state index in [1.165, 1.54) is 18.2 Å². The van der Waals surface area contributed by atoms with Crippen molar-refractivity contribution in [1.29, 1.82) is 0 Å². The number of nitrogens with one attached hydrogen (secondary N) is 1. The minimum Gasteiger partial charge on any atom is -0.341 e. The summed E-state index contributed by atoms with van der Waals surface area (Å²) in [7, 11) is 0. The fourth-order valence-electron chi connectivity index (χ4n) is 2.36. The van der Waals surface area contributed by atoms with Crippen molar-refractivity contribution in [3.63, 3.8) is 0 Å². The Morgan fingerprint density at radius 1 is 1.24 bits per heavy atom. The van der Waals surface area contributed by atoms with E-state index in [9.17, 15) is 9.59 Å². The van der Waals surface area contributed by atoms with E-state index in [2.05, 4.69) is 20.2 Å². The number of carbonyl (C=O) groups excluding carboxylic acids is 2. The van der Waals surface area contributed by atoms with E-state index in [1.54, 1.807) is 18.3 Å². The first-order valence-electron chi connectivity index (χ1n) is 6.99. The van der Waals surface area contributed by atoms with Crippen LogP contribution in [0, 0.1) is 0 Å². The first-order chi connectivity index (χ1) is 10.2. The minimum atomic E-state index is -0.352. The van der Waals surface area contributed by atoms with Crippen LogP contribution in [0.15, 0.2) is 17.2 Å². The van der Waals surface area contributed by atoms with Crippen molar-refractivity contribution in [2.75, 3.05) is 23.7 Å². The number of aromatic nitrogens is 2. The number of imide groups is 1. The minimum absolute atomic E-state index is 0.251. The van der Waals surface area contributed by atoms with Crippen LogP contribution in [0.4, 0.5) is 5.95 Å². The third-order valence-corrected chi connectivity index (χ3v) is 4.44. The van der Waals surface area contributed by atoms with Gasteiger partial charge in [-0.3, -0.25) is 14.9 Å². The molecule has 3 rings (SSSR count). The number of hydrogen-bond acceptors (Lipinski definition) is 6. The molecule has 3 heterocycles. The first-order valence-corrected chi connectivity index (χ1v) is 7.97. The number of rotatable bonds is 2. The van der Waals surface area contributed by atoms with Crippen molar-refractivity contribution >= 4 is 35.6 Å². The maximum Gasteiger partial charge on any atom is 0.264 e. The van der Waals surface area contributed by atoms with Gasteiger partial charge in [0.05, 0.1) is 16.4 Å². The van der Waals surface area contributed by atoms with Crippen LogP contribution < -0.4 is 10.2 Å². The van der Waals surface area contributed by atoms with Crippen LogP contribution >= 0.6 is 11.8 Å². The first kappa shape index (κ1) is 14.1. The van der Waals surface area contributed by atoms with E-state index >= 15 is 0 Å². The Morgan fingerprint density at radius 3 is 2.81 bits per heavy atom. The molecule has 0 atom stereocenters. The van der Waals surface area contributed by atoms with E-state index in [1.807, 2.05) is 0 Å². The Kier molecular flexibility index (Phi) is 4.19. The highest BCUT2D eigenvalue weighted by atomic mass is 32.2. The van der Waals surface area contributed by atoms with Gasteiger partial charge in [-0.15, -0.1) is 11.8 Å². The highest BCUT2D eigenvalue weighted by Crippen LogP contribution is 2.22. The van der Waals surface area contributed by atoms with Gasteiger partial charge in [0.15, 0.2) is 0 Å². The lowest BCUT2D eigenvalue weighted by atomic mass is 10.1. The standard InChI is InChI=1S/C14H16N4O2S/c19-12-9-21-11(13(20)17-12)8-10-4-5-15-14(16-10)18-6-2-1-3-7-18/h4-5,8H,1-3,6-7,9H2,(H,17,19,20)/b11-8-. The molecule has 6 nitrogen and oxygen atoms in total. The molecule has 2 saturated heterocycles. The molecule has 0 unspecified atom stereocenters. The molecule has 1 N–H and O–H groups in total. The Morgan fingerprint density at radius 2 is 2.05 bits per heavy atom. The predicted molar refractivity (Wildman–Crippen MR) is 81.7 cm³/mol. The molecule has 0 spiro atoms. The smallest absolute Gasteiger partial charge is 0.264 e. The Bertz CT molecular complexity index is 596. The molecular weight excluding hydrogens is 288 g/mol. The van der Waals surface area contributed by atoms with Gasteiger partial charge in [0.1, 0.15) is 0 Å². The van der Waals surface area contributed by atoms with E-state index in [-0.39, 0.29) is 17.6 Å². The second-order valence-corrected chi connectivity index (χ2v) is 6.02. The van der Waals surface area contributed by atoms with Crippen molar-refractivity contribution in [2.45, 2.75) is 19.3 Å². The zero-order valence-corrected chi connectivity index (χ0v) is 12.4. The van der Waals surface area contributed by atoms with Crippen molar-refractivity contribution < 1.29 is 9.59 Å². The van der Waals surface area contributed by atoms with Crippen molar-refractivity contribution in [1.82, 2.24) is 15.3 Å². The highest BCUT2D eigenvalue weighted by Gasteiger charge is 2.21. The Balaban J connectivity index is 1.79. The summed E-state index contributed by atoms with van der Waals surface area (Å²) in [6, 6.07) is 1.77. The number of carbonyl (C=O) groups is 2. The van der Waals surface area contributed by atoms with Gasteiger partial charge in [-0.1, -0.05) is 0 Å². The van der Waals surface area contributed by atoms with Gasteiger partial charge in [0, 0.05) is 19.3 Å². The second kappa shape index (κ2) is 6.26. The molecule has 110 valence electrons. The van der Waals surface area contributed by atoms with Crippen LogP contribution in [0.1, 0.15) is 25.0 Å². The lowest BCUT2D eigenvalue weighted by Gasteiger charge is -2.26. The number of amides is 2. The van der Waals surface area contributed by atoms with E-state index in [0.717, 1.165) is 25.9 Å². The van der Waals surface area contributed by atoms with Gasteiger partial charge >= 0.3 is 0 Å². The summed E-state index contributed by atoms with van der Waals surface area (Å²) in [5.74, 6) is 0.372. The molecular formula is C14H16N4O2S. The van der Waals surface area contributed by atoms with Crippen LogP contribution in [0.5, 0.6) is 0 Å².